The van der Waals surface area contributed by atoms with E-state index in [2.05, 4.69) is 24.3 Å². The lowest BCUT2D eigenvalue weighted by atomic mass is 10.0. The number of carbonyl (C=O) groups is 1. The number of ketones is 1. The zero-order valence-corrected chi connectivity index (χ0v) is 14.8. The average Bonchev–Trinajstić information content (AvgIpc) is 2.63. The van der Waals surface area contributed by atoms with E-state index in [4.69, 9.17) is 4.74 Å². The summed E-state index contributed by atoms with van der Waals surface area (Å²) in [5.74, 6) is 3.19. The predicted octanol–water partition coefficient (Wildman–Crippen LogP) is 4.99. The molecule has 120 valence electrons. The van der Waals surface area contributed by atoms with Crippen molar-refractivity contribution in [2.45, 2.75) is 16.9 Å². The van der Waals surface area contributed by atoms with E-state index in [1.165, 1.54) is 12.0 Å². The Morgan fingerprint density at radius 2 is 1.70 bits per heavy atom. The quantitative estimate of drug-likeness (QED) is 0.714. The van der Waals surface area contributed by atoms with Crippen molar-refractivity contribution in [3.8, 4) is 5.75 Å². The lowest BCUT2D eigenvalue weighted by molar-refractivity contribution is 0.0978. The molecule has 0 saturated carbocycles. The number of thioether (sulfide) groups is 2. The molecular weight excluding hydrogens is 324 g/mol. The van der Waals surface area contributed by atoms with Gasteiger partial charge in [-0.3, -0.25) is 4.79 Å². The molecule has 0 aliphatic carbocycles. The molecule has 1 saturated heterocycles. The molecule has 0 unspecified atom stereocenters. The Morgan fingerprint density at radius 3 is 2.30 bits per heavy atom. The van der Waals surface area contributed by atoms with Crippen molar-refractivity contribution in [3.05, 3.63) is 65.7 Å². The van der Waals surface area contributed by atoms with Gasteiger partial charge in [-0.2, -0.15) is 0 Å². The number of methoxy groups -OCH3 is 1. The van der Waals surface area contributed by atoms with Gasteiger partial charge >= 0.3 is 0 Å². The summed E-state index contributed by atoms with van der Waals surface area (Å²) in [5.41, 5.74) is 2.00. The molecular formula is C19H20O2S2. The fourth-order valence-corrected chi connectivity index (χ4v) is 6.05. The third-order valence-electron chi connectivity index (χ3n) is 3.98. The molecule has 1 fully saturated rings. The minimum Gasteiger partial charge on any atom is -0.497 e. The summed E-state index contributed by atoms with van der Waals surface area (Å²) in [6, 6.07) is 17.9. The standard InChI is InChI=1S/C19H20O2S2/c1-21-17-10-8-15(9-11-17)18(20)14-19(22-12-5-13-23-19)16-6-3-2-4-7-16/h2-4,6-11H,5,12-14H2,1H3. The van der Waals surface area contributed by atoms with Crippen LogP contribution in [0.3, 0.4) is 0 Å². The summed E-state index contributed by atoms with van der Waals surface area (Å²) in [6.07, 6.45) is 1.74. The van der Waals surface area contributed by atoms with Crippen molar-refractivity contribution in [2.24, 2.45) is 0 Å². The van der Waals surface area contributed by atoms with Gasteiger partial charge in [0, 0.05) is 12.0 Å². The highest BCUT2D eigenvalue weighted by molar-refractivity contribution is 8.18. The molecule has 2 aromatic rings. The van der Waals surface area contributed by atoms with Crippen LogP contribution in [0.25, 0.3) is 0 Å². The molecule has 1 aliphatic heterocycles. The zero-order chi connectivity index (χ0) is 16.1. The normalized spacial score (nSPS) is 16.7. The summed E-state index contributed by atoms with van der Waals surface area (Å²) in [4.78, 5) is 12.8. The highest BCUT2D eigenvalue weighted by Crippen LogP contribution is 2.53. The molecule has 0 aromatic heterocycles. The molecule has 1 heterocycles. The summed E-state index contributed by atoms with van der Waals surface area (Å²) in [6.45, 7) is 0. The first-order valence-electron chi connectivity index (χ1n) is 7.74. The summed E-state index contributed by atoms with van der Waals surface area (Å²) in [5, 5.41) is 0. The van der Waals surface area contributed by atoms with Crippen molar-refractivity contribution in [2.75, 3.05) is 18.6 Å². The molecule has 3 rings (SSSR count). The molecule has 2 nitrogen and oxygen atoms in total. The second kappa shape index (κ2) is 7.45. The van der Waals surface area contributed by atoms with Gasteiger partial charge in [-0.25, -0.2) is 0 Å². The molecule has 0 bridgehead atoms. The van der Waals surface area contributed by atoms with E-state index in [0.717, 1.165) is 22.8 Å². The van der Waals surface area contributed by atoms with E-state index in [1.807, 2.05) is 53.9 Å². The van der Waals surface area contributed by atoms with Gasteiger partial charge in [0.25, 0.3) is 0 Å². The Kier molecular flexibility index (Phi) is 5.34. The number of carbonyl (C=O) groups excluding carboxylic acids is 1. The van der Waals surface area contributed by atoms with Crippen LogP contribution in [0.2, 0.25) is 0 Å². The molecule has 0 spiro atoms. The summed E-state index contributed by atoms with van der Waals surface area (Å²) >= 11 is 3.82. The van der Waals surface area contributed by atoms with E-state index in [1.54, 1.807) is 7.11 Å². The lowest BCUT2D eigenvalue weighted by Crippen LogP contribution is -2.26. The molecule has 0 N–H and O–H groups in total. The van der Waals surface area contributed by atoms with Crippen LogP contribution in [0.4, 0.5) is 0 Å². The van der Waals surface area contributed by atoms with E-state index in [9.17, 15) is 4.79 Å². The van der Waals surface area contributed by atoms with Crippen molar-refractivity contribution in [3.63, 3.8) is 0 Å². The van der Waals surface area contributed by atoms with Crippen molar-refractivity contribution in [1.29, 1.82) is 0 Å². The fourth-order valence-electron chi connectivity index (χ4n) is 2.73. The second-order valence-electron chi connectivity index (χ2n) is 5.50. The van der Waals surface area contributed by atoms with Gasteiger partial charge in [0.1, 0.15) is 5.75 Å². The fraction of sp³-hybridized carbons (Fsp3) is 0.316. The maximum atomic E-state index is 12.8. The average molecular weight is 345 g/mol. The van der Waals surface area contributed by atoms with Crippen molar-refractivity contribution >= 4 is 29.3 Å². The molecule has 2 aromatic carbocycles. The van der Waals surface area contributed by atoms with Crippen LogP contribution in [0.15, 0.2) is 54.6 Å². The lowest BCUT2D eigenvalue weighted by Gasteiger charge is -2.36. The molecule has 23 heavy (non-hydrogen) atoms. The van der Waals surface area contributed by atoms with Gasteiger partial charge in [-0.05, 0) is 47.8 Å². The van der Waals surface area contributed by atoms with Gasteiger partial charge in [-0.15, -0.1) is 23.5 Å². The maximum Gasteiger partial charge on any atom is 0.165 e. The van der Waals surface area contributed by atoms with E-state index >= 15 is 0 Å². The zero-order valence-electron chi connectivity index (χ0n) is 13.2. The number of rotatable bonds is 5. The highest BCUT2D eigenvalue weighted by Gasteiger charge is 2.37. The molecule has 4 heteroatoms. The van der Waals surface area contributed by atoms with Crippen molar-refractivity contribution in [1.82, 2.24) is 0 Å². The third kappa shape index (κ3) is 3.75. The van der Waals surface area contributed by atoms with Crippen LogP contribution >= 0.6 is 23.5 Å². The van der Waals surface area contributed by atoms with E-state index in [-0.39, 0.29) is 9.86 Å². The third-order valence-corrected chi connectivity index (χ3v) is 7.36. The second-order valence-corrected chi connectivity index (χ2v) is 8.54. The Morgan fingerprint density at radius 1 is 1.04 bits per heavy atom. The highest BCUT2D eigenvalue weighted by atomic mass is 32.2. The van der Waals surface area contributed by atoms with Crippen LogP contribution in [0.1, 0.15) is 28.8 Å². The summed E-state index contributed by atoms with van der Waals surface area (Å²) < 4.78 is 5.01. The van der Waals surface area contributed by atoms with Crippen LogP contribution in [0, 0.1) is 0 Å². The Bertz CT molecular complexity index is 647. The minimum absolute atomic E-state index is 0.156. The topological polar surface area (TPSA) is 26.3 Å². The number of hydrogen-bond donors (Lipinski definition) is 0. The van der Waals surface area contributed by atoms with E-state index < -0.39 is 0 Å². The number of Topliss-reactive ketones (excluding diaryl/α,β-unsaturated/α-hetero) is 1. The van der Waals surface area contributed by atoms with Crippen LogP contribution in [0.5, 0.6) is 5.75 Å². The number of ether oxygens (including phenoxy) is 1. The number of benzene rings is 2. The largest absolute Gasteiger partial charge is 0.497 e. The minimum atomic E-state index is -0.156. The van der Waals surface area contributed by atoms with Gasteiger partial charge in [0.2, 0.25) is 0 Å². The predicted molar refractivity (Wildman–Crippen MR) is 99.6 cm³/mol. The smallest absolute Gasteiger partial charge is 0.165 e. The van der Waals surface area contributed by atoms with Gasteiger partial charge in [0.15, 0.2) is 5.78 Å². The van der Waals surface area contributed by atoms with Gasteiger partial charge in [0.05, 0.1) is 11.2 Å². The first-order chi connectivity index (χ1) is 11.2. The van der Waals surface area contributed by atoms with Gasteiger partial charge in [-0.1, -0.05) is 30.3 Å². The monoisotopic (exact) mass is 344 g/mol. The van der Waals surface area contributed by atoms with Crippen LogP contribution in [-0.4, -0.2) is 24.4 Å². The molecule has 0 atom stereocenters. The van der Waals surface area contributed by atoms with E-state index in [0.29, 0.717) is 6.42 Å². The SMILES string of the molecule is COc1ccc(C(=O)CC2(c3ccccc3)SCCCS2)cc1. The number of hydrogen-bond acceptors (Lipinski definition) is 4. The summed E-state index contributed by atoms with van der Waals surface area (Å²) in [7, 11) is 1.64. The van der Waals surface area contributed by atoms with Crippen LogP contribution < -0.4 is 4.74 Å². The first-order valence-corrected chi connectivity index (χ1v) is 9.71. The van der Waals surface area contributed by atoms with Gasteiger partial charge < -0.3 is 4.74 Å². The Hall–Kier alpha value is -1.39. The van der Waals surface area contributed by atoms with Crippen LogP contribution in [-0.2, 0) is 4.08 Å². The van der Waals surface area contributed by atoms with Crippen molar-refractivity contribution < 1.29 is 9.53 Å². The Labute approximate surface area is 146 Å². The maximum absolute atomic E-state index is 12.8. The molecule has 0 radical (unpaired) electrons. The Balaban J connectivity index is 1.84. The molecule has 0 amide bonds. The molecule has 1 aliphatic rings. The first kappa shape index (κ1) is 16.5.